The third kappa shape index (κ3) is 2.76. The lowest BCUT2D eigenvalue weighted by atomic mass is 10.1. The van der Waals surface area contributed by atoms with Crippen LogP contribution in [0.15, 0.2) is 26.2 Å². The molecule has 8 nitrogen and oxygen atoms in total. The summed E-state index contributed by atoms with van der Waals surface area (Å²) in [5.74, 6) is 0.326. The van der Waals surface area contributed by atoms with Crippen LogP contribution >= 0.6 is 11.3 Å². The molecule has 1 atom stereocenters. The molecule has 1 aliphatic rings. The number of hydrogen-bond acceptors (Lipinski definition) is 7. The Morgan fingerprint density at radius 2 is 2.36 bits per heavy atom. The van der Waals surface area contributed by atoms with Gasteiger partial charge in [0, 0.05) is 13.1 Å². The van der Waals surface area contributed by atoms with Gasteiger partial charge in [-0.15, -0.1) is 11.3 Å². The van der Waals surface area contributed by atoms with Crippen molar-refractivity contribution in [3.8, 4) is 0 Å². The Labute approximate surface area is 131 Å². The Morgan fingerprint density at radius 1 is 1.55 bits per heavy atom. The number of nitrogens with zero attached hydrogens (tertiary/aromatic N) is 3. The lowest BCUT2D eigenvalue weighted by Gasteiger charge is -2.32. The Bertz CT molecular complexity index is 769. The van der Waals surface area contributed by atoms with E-state index >= 15 is 0 Å². The molecule has 118 valence electrons. The monoisotopic (exact) mass is 342 g/mol. The number of rotatable bonds is 4. The molecule has 2 aromatic rings. The van der Waals surface area contributed by atoms with E-state index in [4.69, 9.17) is 4.52 Å². The van der Waals surface area contributed by atoms with Crippen LogP contribution in [0.4, 0.5) is 0 Å². The van der Waals surface area contributed by atoms with Gasteiger partial charge in [-0.05, 0) is 18.4 Å². The summed E-state index contributed by atoms with van der Waals surface area (Å²) in [7, 11) is -3.71. The van der Waals surface area contributed by atoms with Crippen molar-refractivity contribution in [2.24, 2.45) is 0 Å². The SMILES string of the molecule is Cc1noc(CC2C(=O)NCCN2S(=O)(=O)c2cccs2)n1. The van der Waals surface area contributed by atoms with Crippen molar-refractivity contribution in [1.82, 2.24) is 19.8 Å². The number of amides is 1. The van der Waals surface area contributed by atoms with Gasteiger partial charge in [-0.3, -0.25) is 4.79 Å². The van der Waals surface area contributed by atoms with Crippen molar-refractivity contribution in [3.63, 3.8) is 0 Å². The molecule has 1 fully saturated rings. The van der Waals surface area contributed by atoms with E-state index in [1.165, 1.54) is 10.4 Å². The maximum Gasteiger partial charge on any atom is 0.253 e. The minimum Gasteiger partial charge on any atom is -0.353 e. The number of aromatic nitrogens is 2. The van der Waals surface area contributed by atoms with Crippen LogP contribution < -0.4 is 5.32 Å². The van der Waals surface area contributed by atoms with Gasteiger partial charge in [-0.1, -0.05) is 11.2 Å². The van der Waals surface area contributed by atoms with Crippen LogP contribution in [0.25, 0.3) is 0 Å². The summed E-state index contributed by atoms with van der Waals surface area (Å²) >= 11 is 1.12. The fourth-order valence-corrected chi connectivity index (χ4v) is 5.00. The Hall–Kier alpha value is -1.78. The van der Waals surface area contributed by atoms with Gasteiger partial charge < -0.3 is 9.84 Å². The van der Waals surface area contributed by atoms with Gasteiger partial charge in [0.1, 0.15) is 10.3 Å². The van der Waals surface area contributed by atoms with E-state index in [-0.39, 0.29) is 35.5 Å². The molecule has 0 radical (unpaired) electrons. The van der Waals surface area contributed by atoms with Gasteiger partial charge in [0.15, 0.2) is 5.82 Å². The van der Waals surface area contributed by atoms with Crippen LogP contribution in [0.2, 0.25) is 0 Å². The molecule has 1 saturated heterocycles. The summed E-state index contributed by atoms with van der Waals surface area (Å²) in [6.07, 6.45) is 0.0529. The molecule has 10 heteroatoms. The first kappa shape index (κ1) is 15.1. The van der Waals surface area contributed by atoms with Crippen molar-refractivity contribution in [1.29, 1.82) is 0 Å². The standard InChI is InChI=1S/C12H14N4O4S2/c1-8-14-10(20-15-8)7-9-12(17)13-4-5-16(9)22(18,19)11-3-2-6-21-11/h2-3,6,9H,4-5,7H2,1H3,(H,13,17). The van der Waals surface area contributed by atoms with E-state index in [0.29, 0.717) is 5.82 Å². The normalized spacial score (nSPS) is 20.0. The second kappa shape index (κ2) is 5.78. The van der Waals surface area contributed by atoms with E-state index < -0.39 is 16.1 Å². The molecular formula is C12H14N4O4S2. The van der Waals surface area contributed by atoms with Crippen LogP contribution in [0.5, 0.6) is 0 Å². The van der Waals surface area contributed by atoms with Gasteiger partial charge in [0.2, 0.25) is 11.8 Å². The van der Waals surface area contributed by atoms with E-state index in [0.717, 1.165) is 11.3 Å². The number of hydrogen-bond donors (Lipinski definition) is 1. The molecule has 0 saturated carbocycles. The first-order valence-corrected chi connectivity index (χ1v) is 8.93. The zero-order chi connectivity index (χ0) is 15.7. The number of nitrogens with one attached hydrogen (secondary N) is 1. The number of carbonyl (C=O) groups is 1. The molecule has 0 bridgehead atoms. The van der Waals surface area contributed by atoms with Gasteiger partial charge in [-0.2, -0.15) is 9.29 Å². The largest absolute Gasteiger partial charge is 0.353 e. The van der Waals surface area contributed by atoms with E-state index in [2.05, 4.69) is 15.5 Å². The van der Waals surface area contributed by atoms with Crippen LogP contribution in [0.1, 0.15) is 11.7 Å². The maximum absolute atomic E-state index is 12.7. The molecule has 3 heterocycles. The molecule has 3 rings (SSSR count). The predicted molar refractivity (Wildman–Crippen MR) is 77.7 cm³/mol. The van der Waals surface area contributed by atoms with Crippen molar-refractivity contribution < 1.29 is 17.7 Å². The number of aryl methyl sites for hydroxylation is 1. The topological polar surface area (TPSA) is 105 Å². The molecule has 1 N–H and O–H groups in total. The Kier molecular flexibility index (Phi) is 3.98. The number of carbonyl (C=O) groups excluding carboxylic acids is 1. The quantitative estimate of drug-likeness (QED) is 0.849. The Balaban J connectivity index is 1.92. The van der Waals surface area contributed by atoms with Crippen molar-refractivity contribution in [2.45, 2.75) is 23.6 Å². The average molecular weight is 342 g/mol. The molecule has 2 aromatic heterocycles. The lowest BCUT2D eigenvalue weighted by Crippen LogP contribution is -2.57. The summed E-state index contributed by atoms with van der Waals surface area (Å²) in [4.78, 5) is 16.2. The summed E-state index contributed by atoms with van der Waals surface area (Å²) in [6.45, 7) is 2.15. The van der Waals surface area contributed by atoms with Crippen LogP contribution in [-0.2, 0) is 21.2 Å². The highest BCUT2D eigenvalue weighted by molar-refractivity contribution is 7.91. The minimum absolute atomic E-state index is 0.0529. The van der Waals surface area contributed by atoms with Gasteiger partial charge in [0.25, 0.3) is 10.0 Å². The van der Waals surface area contributed by atoms with Crippen LogP contribution in [0.3, 0.4) is 0 Å². The van der Waals surface area contributed by atoms with Crippen LogP contribution in [-0.4, -0.2) is 47.9 Å². The molecule has 1 aliphatic heterocycles. The van der Waals surface area contributed by atoms with Gasteiger partial charge in [0.05, 0.1) is 6.42 Å². The van der Waals surface area contributed by atoms with Crippen molar-refractivity contribution >= 4 is 27.3 Å². The molecule has 0 aliphatic carbocycles. The smallest absolute Gasteiger partial charge is 0.253 e. The van der Waals surface area contributed by atoms with Crippen molar-refractivity contribution in [2.75, 3.05) is 13.1 Å². The van der Waals surface area contributed by atoms with Crippen molar-refractivity contribution in [3.05, 3.63) is 29.2 Å². The fourth-order valence-electron chi connectivity index (χ4n) is 2.29. The molecule has 1 unspecified atom stereocenters. The maximum atomic E-state index is 12.7. The molecule has 0 aromatic carbocycles. The number of thiophene rings is 1. The van der Waals surface area contributed by atoms with Gasteiger partial charge >= 0.3 is 0 Å². The highest BCUT2D eigenvalue weighted by atomic mass is 32.2. The minimum atomic E-state index is -3.71. The summed E-state index contributed by atoms with van der Waals surface area (Å²) < 4.78 is 31.8. The zero-order valence-electron chi connectivity index (χ0n) is 11.7. The van der Waals surface area contributed by atoms with Gasteiger partial charge in [-0.25, -0.2) is 8.42 Å². The zero-order valence-corrected chi connectivity index (χ0v) is 13.4. The molecule has 22 heavy (non-hydrogen) atoms. The Morgan fingerprint density at radius 3 is 3.00 bits per heavy atom. The highest BCUT2D eigenvalue weighted by Gasteiger charge is 2.39. The third-order valence-electron chi connectivity index (χ3n) is 3.28. The molecule has 0 spiro atoms. The molecule has 1 amide bonds. The highest BCUT2D eigenvalue weighted by Crippen LogP contribution is 2.25. The number of sulfonamides is 1. The average Bonchev–Trinajstić information content (AvgIpc) is 3.13. The second-order valence-electron chi connectivity index (χ2n) is 4.79. The summed E-state index contributed by atoms with van der Waals surface area (Å²) in [5.41, 5.74) is 0. The van der Waals surface area contributed by atoms with E-state index in [9.17, 15) is 13.2 Å². The first-order chi connectivity index (χ1) is 10.5. The number of piperazine rings is 1. The summed E-state index contributed by atoms with van der Waals surface area (Å²) in [6, 6.07) is 2.30. The summed E-state index contributed by atoms with van der Waals surface area (Å²) in [5, 5.41) is 8.02. The second-order valence-corrected chi connectivity index (χ2v) is 7.86. The predicted octanol–water partition coefficient (Wildman–Crippen LogP) is 0.171. The lowest BCUT2D eigenvalue weighted by molar-refractivity contribution is -0.126. The first-order valence-electron chi connectivity index (χ1n) is 6.61. The van der Waals surface area contributed by atoms with Crippen LogP contribution in [0, 0.1) is 6.92 Å². The fraction of sp³-hybridized carbons (Fsp3) is 0.417. The van der Waals surface area contributed by atoms with E-state index in [1.807, 2.05) is 0 Å². The molecular weight excluding hydrogens is 328 g/mol. The third-order valence-corrected chi connectivity index (χ3v) is 6.56. The van der Waals surface area contributed by atoms with E-state index in [1.54, 1.807) is 18.4 Å².